The Bertz CT molecular complexity index is 377. The van der Waals surface area contributed by atoms with Crippen LogP contribution < -0.4 is 10.7 Å². The number of aryl methyl sites for hydroxylation is 2. The zero-order valence-corrected chi connectivity index (χ0v) is 7.98. The lowest BCUT2D eigenvalue weighted by Crippen LogP contribution is -2.38. The number of H-pyrrole nitrogens is 1. The van der Waals surface area contributed by atoms with Gasteiger partial charge in [0.1, 0.15) is 0 Å². The third kappa shape index (κ3) is 1.40. The summed E-state index contributed by atoms with van der Waals surface area (Å²) in [5, 5.41) is 3.24. The predicted octanol–water partition coefficient (Wildman–Crippen LogP) is 1.03. The van der Waals surface area contributed by atoms with Crippen LogP contribution in [0.1, 0.15) is 29.4 Å². The Morgan fingerprint density at radius 2 is 2.15 bits per heavy atom. The molecule has 0 unspecified atom stereocenters. The first kappa shape index (κ1) is 8.51. The van der Waals surface area contributed by atoms with E-state index in [1.807, 2.05) is 13.8 Å². The molecule has 1 atom stereocenters. The normalized spacial score (nSPS) is 21.2. The van der Waals surface area contributed by atoms with Gasteiger partial charge in [-0.3, -0.25) is 4.79 Å². The predicted molar refractivity (Wildman–Crippen MR) is 51.9 cm³/mol. The van der Waals surface area contributed by atoms with Crippen LogP contribution in [0.5, 0.6) is 0 Å². The highest BCUT2D eigenvalue weighted by Crippen LogP contribution is 2.21. The van der Waals surface area contributed by atoms with E-state index in [0.29, 0.717) is 0 Å². The Hall–Kier alpha value is -1.09. The zero-order valence-electron chi connectivity index (χ0n) is 7.98. The lowest BCUT2D eigenvalue weighted by Gasteiger charge is -2.28. The maximum absolute atomic E-state index is 11.6. The summed E-state index contributed by atoms with van der Waals surface area (Å²) in [5.74, 6) is 0. The van der Waals surface area contributed by atoms with E-state index in [4.69, 9.17) is 0 Å². The van der Waals surface area contributed by atoms with Crippen LogP contribution in [0.2, 0.25) is 0 Å². The molecule has 1 saturated heterocycles. The van der Waals surface area contributed by atoms with Crippen molar-refractivity contribution in [3.63, 3.8) is 0 Å². The highest BCUT2D eigenvalue weighted by molar-refractivity contribution is 5.26. The Morgan fingerprint density at radius 3 is 2.62 bits per heavy atom. The van der Waals surface area contributed by atoms with E-state index < -0.39 is 0 Å². The molecule has 3 heteroatoms. The number of pyridine rings is 1. The van der Waals surface area contributed by atoms with E-state index in [0.717, 1.165) is 29.9 Å². The maximum Gasteiger partial charge on any atom is 0.186 e. The van der Waals surface area contributed by atoms with Crippen LogP contribution >= 0.6 is 0 Å². The minimum absolute atomic E-state index is 0.158. The Labute approximate surface area is 77.2 Å². The van der Waals surface area contributed by atoms with Crippen molar-refractivity contribution in [2.24, 2.45) is 0 Å². The van der Waals surface area contributed by atoms with Gasteiger partial charge in [0.2, 0.25) is 0 Å². The molecular formula is C10H14N2O. The van der Waals surface area contributed by atoms with Crippen molar-refractivity contribution in [1.82, 2.24) is 10.3 Å². The average Bonchev–Trinajstić information content (AvgIpc) is 1.92. The molecule has 1 aliphatic heterocycles. The molecule has 0 aromatic carbocycles. The largest absolute Gasteiger partial charge is 0.362 e. The second-order valence-electron chi connectivity index (χ2n) is 3.65. The van der Waals surface area contributed by atoms with Gasteiger partial charge in [-0.05, 0) is 26.8 Å². The van der Waals surface area contributed by atoms with Crippen molar-refractivity contribution in [1.29, 1.82) is 0 Å². The molecule has 70 valence electrons. The molecule has 0 amide bonds. The summed E-state index contributed by atoms with van der Waals surface area (Å²) in [6.45, 7) is 4.90. The van der Waals surface area contributed by atoms with Gasteiger partial charge in [0.25, 0.3) is 0 Å². The molecule has 0 radical (unpaired) electrons. The van der Waals surface area contributed by atoms with Gasteiger partial charge in [0, 0.05) is 29.1 Å². The van der Waals surface area contributed by atoms with Crippen molar-refractivity contribution >= 4 is 0 Å². The van der Waals surface area contributed by atoms with Crippen molar-refractivity contribution in [3.8, 4) is 0 Å². The molecule has 0 spiro atoms. The van der Waals surface area contributed by atoms with Crippen molar-refractivity contribution in [2.75, 3.05) is 6.54 Å². The maximum atomic E-state index is 11.6. The van der Waals surface area contributed by atoms with Crippen molar-refractivity contribution in [2.45, 2.75) is 26.3 Å². The second-order valence-corrected chi connectivity index (χ2v) is 3.65. The first-order chi connectivity index (χ1) is 6.18. The van der Waals surface area contributed by atoms with Crippen LogP contribution in [-0.4, -0.2) is 11.5 Å². The molecule has 0 saturated carbocycles. The first-order valence-corrected chi connectivity index (χ1v) is 4.62. The lowest BCUT2D eigenvalue weighted by atomic mass is 9.96. The molecule has 1 aliphatic rings. The summed E-state index contributed by atoms with van der Waals surface area (Å²) in [6.07, 6.45) is 1.08. The molecule has 1 fully saturated rings. The van der Waals surface area contributed by atoms with E-state index in [1.165, 1.54) is 0 Å². The summed E-state index contributed by atoms with van der Waals surface area (Å²) < 4.78 is 0. The molecule has 2 N–H and O–H groups in total. The van der Waals surface area contributed by atoms with Gasteiger partial charge in [0.05, 0.1) is 0 Å². The van der Waals surface area contributed by atoms with Crippen LogP contribution in [0.3, 0.4) is 0 Å². The molecule has 1 aromatic rings. The van der Waals surface area contributed by atoms with Gasteiger partial charge in [-0.25, -0.2) is 0 Å². The Balaban J connectivity index is 2.49. The quantitative estimate of drug-likeness (QED) is 0.674. The van der Waals surface area contributed by atoms with E-state index >= 15 is 0 Å². The van der Waals surface area contributed by atoms with Crippen molar-refractivity contribution in [3.05, 3.63) is 33.2 Å². The van der Waals surface area contributed by atoms with E-state index in [2.05, 4.69) is 10.3 Å². The lowest BCUT2D eigenvalue weighted by molar-refractivity contribution is 0.379. The highest BCUT2D eigenvalue weighted by atomic mass is 16.1. The number of rotatable bonds is 1. The van der Waals surface area contributed by atoms with Crippen LogP contribution in [0.15, 0.2) is 10.9 Å². The van der Waals surface area contributed by atoms with Gasteiger partial charge in [-0.1, -0.05) is 0 Å². The van der Waals surface area contributed by atoms with Gasteiger partial charge in [0.15, 0.2) is 5.43 Å². The SMILES string of the molecule is Cc1cc(=O)c([C@H]2CCN2)c(C)[nH]1. The number of hydrogen-bond donors (Lipinski definition) is 2. The van der Waals surface area contributed by atoms with Crippen LogP contribution in [-0.2, 0) is 0 Å². The van der Waals surface area contributed by atoms with Crippen LogP contribution in [0.4, 0.5) is 0 Å². The minimum Gasteiger partial charge on any atom is -0.362 e. The molecule has 1 aromatic heterocycles. The molecule has 13 heavy (non-hydrogen) atoms. The zero-order chi connectivity index (χ0) is 9.42. The summed E-state index contributed by atoms with van der Waals surface area (Å²) in [5.41, 5.74) is 3.01. The summed E-state index contributed by atoms with van der Waals surface area (Å²) in [7, 11) is 0. The highest BCUT2D eigenvalue weighted by Gasteiger charge is 2.22. The minimum atomic E-state index is 0.158. The fourth-order valence-electron chi connectivity index (χ4n) is 1.83. The van der Waals surface area contributed by atoms with E-state index in [1.54, 1.807) is 6.07 Å². The molecule has 0 aliphatic carbocycles. The topological polar surface area (TPSA) is 44.9 Å². The standard InChI is InChI=1S/C10H14N2O/c1-6-5-9(13)10(7(2)12-6)8-3-4-11-8/h5,8,11H,3-4H2,1-2H3,(H,12,13)/t8-/m1/s1. The smallest absolute Gasteiger partial charge is 0.186 e. The molecule has 0 bridgehead atoms. The third-order valence-electron chi connectivity index (χ3n) is 2.57. The van der Waals surface area contributed by atoms with Gasteiger partial charge in [-0.15, -0.1) is 0 Å². The van der Waals surface area contributed by atoms with Gasteiger partial charge in [-0.2, -0.15) is 0 Å². The second kappa shape index (κ2) is 3.00. The third-order valence-corrected chi connectivity index (χ3v) is 2.57. The number of aromatic amines is 1. The Kier molecular flexibility index (Phi) is 1.96. The molecule has 2 rings (SSSR count). The number of aromatic nitrogens is 1. The van der Waals surface area contributed by atoms with E-state index in [-0.39, 0.29) is 11.5 Å². The fourth-order valence-corrected chi connectivity index (χ4v) is 1.83. The monoisotopic (exact) mass is 178 g/mol. The fraction of sp³-hybridized carbons (Fsp3) is 0.500. The Morgan fingerprint density at radius 1 is 1.46 bits per heavy atom. The first-order valence-electron chi connectivity index (χ1n) is 4.62. The summed E-state index contributed by atoms with van der Waals surface area (Å²) in [4.78, 5) is 14.8. The van der Waals surface area contributed by atoms with Crippen molar-refractivity contribution < 1.29 is 0 Å². The average molecular weight is 178 g/mol. The summed E-state index contributed by atoms with van der Waals surface area (Å²) in [6, 6.07) is 1.95. The van der Waals surface area contributed by atoms with E-state index in [9.17, 15) is 4.79 Å². The van der Waals surface area contributed by atoms with Crippen LogP contribution in [0.25, 0.3) is 0 Å². The van der Waals surface area contributed by atoms with Gasteiger partial charge >= 0.3 is 0 Å². The number of hydrogen-bond acceptors (Lipinski definition) is 2. The molecular weight excluding hydrogens is 164 g/mol. The molecule has 2 heterocycles. The van der Waals surface area contributed by atoms with Crippen LogP contribution in [0, 0.1) is 13.8 Å². The van der Waals surface area contributed by atoms with Gasteiger partial charge < -0.3 is 10.3 Å². The summed E-state index contributed by atoms with van der Waals surface area (Å²) >= 11 is 0. The molecule has 3 nitrogen and oxygen atoms in total. The number of nitrogens with one attached hydrogen (secondary N) is 2.